The van der Waals surface area contributed by atoms with Crippen LogP contribution in [0.4, 0.5) is 0 Å². The van der Waals surface area contributed by atoms with E-state index in [2.05, 4.69) is 17.2 Å². The summed E-state index contributed by atoms with van der Waals surface area (Å²) in [4.78, 5) is 25.9. The zero-order valence-corrected chi connectivity index (χ0v) is 11.2. The Kier molecular flexibility index (Phi) is 4.04. The fourth-order valence-corrected chi connectivity index (χ4v) is 2.59. The smallest absolute Gasteiger partial charge is 0.252 e. The van der Waals surface area contributed by atoms with Crippen molar-refractivity contribution in [2.24, 2.45) is 11.7 Å². The topological polar surface area (TPSA) is 88.0 Å². The first-order chi connectivity index (χ1) is 9.04. The van der Waals surface area contributed by atoms with Crippen LogP contribution in [0.3, 0.4) is 0 Å². The molecule has 1 saturated carbocycles. The van der Waals surface area contributed by atoms with Crippen molar-refractivity contribution in [2.75, 3.05) is 6.54 Å². The summed E-state index contributed by atoms with van der Waals surface area (Å²) in [5.41, 5.74) is 5.66. The summed E-state index contributed by atoms with van der Waals surface area (Å²) in [5.74, 6) is 0.474. The first-order valence-corrected chi connectivity index (χ1v) is 6.76. The Morgan fingerprint density at radius 1 is 1.53 bits per heavy atom. The molecule has 1 fully saturated rings. The average Bonchev–Trinajstić information content (AvgIpc) is 2.42. The molecular formula is C14H21N3O2. The normalized spacial score (nSPS) is 26.9. The van der Waals surface area contributed by atoms with Crippen LogP contribution in [0.25, 0.3) is 0 Å². The zero-order valence-electron chi connectivity index (χ0n) is 11.2. The lowest BCUT2D eigenvalue weighted by atomic mass is 9.77. The van der Waals surface area contributed by atoms with Gasteiger partial charge in [0.15, 0.2) is 0 Å². The lowest BCUT2D eigenvalue weighted by molar-refractivity contribution is 0.0860. The molecule has 0 aromatic carbocycles. The maximum Gasteiger partial charge on any atom is 0.252 e. The van der Waals surface area contributed by atoms with Gasteiger partial charge in [0.25, 0.3) is 5.91 Å². The molecule has 19 heavy (non-hydrogen) atoms. The molecule has 5 nitrogen and oxygen atoms in total. The van der Waals surface area contributed by atoms with E-state index in [1.54, 1.807) is 6.07 Å². The minimum absolute atomic E-state index is 0.217. The van der Waals surface area contributed by atoms with Crippen molar-refractivity contribution in [3.05, 3.63) is 34.2 Å². The molecule has 104 valence electrons. The number of hydrogen-bond donors (Lipinski definition) is 3. The van der Waals surface area contributed by atoms with Crippen LogP contribution in [-0.2, 0) is 0 Å². The second-order valence-electron chi connectivity index (χ2n) is 5.56. The van der Waals surface area contributed by atoms with Gasteiger partial charge in [-0.2, -0.15) is 0 Å². The molecule has 2 rings (SSSR count). The van der Waals surface area contributed by atoms with Crippen LogP contribution in [-0.4, -0.2) is 23.0 Å². The summed E-state index contributed by atoms with van der Waals surface area (Å²) >= 11 is 0. The fourth-order valence-electron chi connectivity index (χ4n) is 2.59. The van der Waals surface area contributed by atoms with E-state index in [9.17, 15) is 9.59 Å². The van der Waals surface area contributed by atoms with Gasteiger partial charge in [0.05, 0.1) is 5.54 Å². The molecule has 1 amide bonds. The lowest BCUT2D eigenvalue weighted by Gasteiger charge is -2.39. The summed E-state index contributed by atoms with van der Waals surface area (Å²) < 4.78 is 0. The molecule has 0 saturated heterocycles. The third-order valence-electron chi connectivity index (χ3n) is 4.04. The summed E-state index contributed by atoms with van der Waals surface area (Å²) in [7, 11) is 0. The van der Waals surface area contributed by atoms with Crippen molar-refractivity contribution in [2.45, 2.75) is 38.1 Å². The number of H-pyrrole nitrogens is 1. The number of nitrogens with two attached hydrogens (primary N) is 1. The SMILES string of the molecule is CC1CCC(CN)(NC(=O)c2cc[nH]c(=O)c2)CC1. The molecule has 0 spiro atoms. The second kappa shape index (κ2) is 5.57. The molecule has 0 aliphatic heterocycles. The van der Waals surface area contributed by atoms with Gasteiger partial charge in [-0.3, -0.25) is 9.59 Å². The molecule has 1 aliphatic carbocycles. The first kappa shape index (κ1) is 13.8. The van der Waals surface area contributed by atoms with E-state index < -0.39 is 0 Å². The minimum atomic E-state index is -0.313. The summed E-state index contributed by atoms with van der Waals surface area (Å²) in [6.45, 7) is 2.66. The van der Waals surface area contributed by atoms with E-state index >= 15 is 0 Å². The number of carbonyl (C=O) groups excluding carboxylic acids is 1. The van der Waals surface area contributed by atoms with Gasteiger partial charge in [-0.15, -0.1) is 0 Å². The van der Waals surface area contributed by atoms with Gasteiger partial charge in [0.1, 0.15) is 0 Å². The highest BCUT2D eigenvalue weighted by Crippen LogP contribution is 2.31. The maximum atomic E-state index is 12.2. The van der Waals surface area contributed by atoms with E-state index in [0.717, 1.165) is 25.7 Å². The predicted molar refractivity (Wildman–Crippen MR) is 73.9 cm³/mol. The summed E-state index contributed by atoms with van der Waals surface area (Å²) in [6, 6.07) is 2.91. The summed E-state index contributed by atoms with van der Waals surface area (Å²) in [6.07, 6.45) is 5.44. The van der Waals surface area contributed by atoms with Crippen molar-refractivity contribution in [3.8, 4) is 0 Å². The second-order valence-corrected chi connectivity index (χ2v) is 5.56. The van der Waals surface area contributed by atoms with E-state index in [1.807, 2.05) is 0 Å². The van der Waals surface area contributed by atoms with Crippen molar-refractivity contribution in [1.29, 1.82) is 0 Å². The van der Waals surface area contributed by atoms with Crippen molar-refractivity contribution >= 4 is 5.91 Å². The third kappa shape index (κ3) is 3.23. The summed E-state index contributed by atoms with van der Waals surface area (Å²) in [5, 5.41) is 3.03. The number of rotatable bonds is 3. The Morgan fingerprint density at radius 3 is 2.79 bits per heavy atom. The van der Waals surface area contributed by atoms with Gasteiger partial charge in [0, 0.05) is 24.4 Å². The number of aromatic nitrogens is 1. The molecule has 0 bridgehead atoms. The molecule has 5 heteroatoms. The number of nitrogens with one attached hydrogen (secondary N) is 2. The molecule has 4 N–H and O–H groups in total. The monoisotopic (exact) mass is 263 g/mol. The van der Waals surface area contributed by atoms with Gasteiger partial charge in [0.2, 0.25) is 5.56 Å². The van der Waals surface area contributed by atoms with Crippen LogP contribution < -0.4 is 16.6 Å². The van der Waals surface area contributed by atoms with Gasteiger partial charge in [-0.1, -0.05) is 6.92 Å². The van der Waals surface area contributed by atoms with Gasteiger partial charge in [-0.25, -0.2) is 0 Å². The van der Waals surface area contributed by atoms with Crippen LogP contribution >= 0.6 is 0 Å². The van der Waals surface area contributed by atoms with Crippen LogP contribution in [0.5, 0.6) is 0 Å². The Bertz CT molecular complexity index is 501. The van der Waals surface area contributed by atoms with E-state index in [-0.39, 0.29) is 17.0 Å². The quantitative estimate of drug-likeness (QED) is 0.760. The highest BCUT2D eigenvalue weighted by atomic mass is 16.2. The van der Waals surface area contributed by atoms with Crippen molar-refractivity contribution in [3.63, 3.8) is 0 Å². The first-order valence-electron chi connectivity index (χ1n) is 6.76. The number of aromatic amines is 1. The molecule has 1 aromatic rings. The molecule has 1 aromatic heterocycles. The molecular weight excluding hydrogens is 242 g/mol. The molecule has 0 unspecified atom stereocenters. The van der Waals surface area contributed by atoms with E-state index in [1.165, 1.54) is 12.3 Å². The molecule has 0 atom stereocenters. The van der Waals surface area contributed by atoms with E-state index in [4.69, 9.17) is 5.73 Å². The van der Waals surface area contributed by atoms with Gasteiger partial charge in [-0.05, 0) is 37.7 Å². The zero-order chi connectivity index (χ0) is 13.9. The Morgan fingerprint density at radius 2 is 2.21 bits per heavy atom. The Labute approximate surface area is 112 Å². The average molecular weight is 263 g/mol. The number of pyridine rings is 1. The highest BCUT2D eigenvalue weighted by Gasteiger charge is 2.34. The number of carbonyl (C=O) groups is 1. The standard InChI is InChI=1S/C14H21N3O2/c1-10-2-5-14(9-15,6-3-10)17-13(19)11-4-7-16-12(18)8-11/h4,7-8,10H,2-3,5-6,9,15H2,1H3,(H,16,18)(H,17,19). The maximum absolute atomic E-state index is 12.2. The lowest BCUT2D eigenvalue weighted by Crippen LogP contribution is -2.55. The van der Waals surface area contributed by atoms with Crippen molar-refractivity contribution < 1.29 is 4.79 Å². The number of amides is 1. The van der Waals surface area contributed by atoms with Crippen LogP contribution in [0, 0.1) is 5.92 Å². The fraction of sp³-hybridized carbons (Fsp3) is 0.571. The third-order valence-corrected chi connectivity index (χ3v) is 4.04. The van der Waals surface area contributed by atoms with Crippen molar-refractivity contribution in [1.82, 2.24) is 10.3 Å². The molecule has 1 heterocycles. The van der Waals surface area contributed by atoms with E-state index in [0.29, 0.717) is 18.0 Å². The Balaban J connectivity index is 2.10. The largest absolute Gasteiger partial charge is 0.345 e. The molecule has 0 radical (unpaired) electrons. The van der Waals surface area contributed by atoms with Gasteiger partial charge < -0.3 is 16.0 Å². The Hall–Kier alpha value is -1.62. The highest BCUT2D eigenvalue weighted by molar-refractivity contribution is 5.94. The predicted octanol–water partition coefficient (Wildman–Crippen LogP) is 1.01. The molecule has 1 aliphatic rings. The van der Waals surface area contributed by atoms with Crippen LogP contribution in [0.1, 0.15) is 43.0 Å². The van der Waals surface area contributed by atoms with Gasteiger partial charge >= 0.3 is 0 Å². The van der Waals surface area contributed by atoms with Crippen LogP contribution in [0.15, 0.2) is 23.1 Å². The van der Waals surface area contributed by atoms with Crippen LogP contribution in [0.2, 0.25) is 0 Å². The minimum Gasteiger partial charge on any atom is -0.345 e. The number of hydrogen-bond acceptors (Lipinski definition) is 3.